The van der Waals surface area contributed by atoms with E-state index in [9.17, 15) is 14.4 Å². The van der Waals surface area contributed by atoms with E-state index in [1.165, 1.54) is 16.0 Å². The van der Waals surface area contributed by atoms with Crippen molar-refractivity contribution in [1.82, 2.24) is 15.0 Å². The first-order valence-electron chi connectivity index (χ1n) is 6.59. The van der Waals surface area contributed by atoms with E-state index in [4.69, 9.17) is 4.74 Å². The molecule has 0 aromatic carbocycles. The van der Waals surface area contributed by atoms with Crippen molar-refractivity contribution in [1.29, 1.82) is 0 Å². The molecule has 1 aliphatic rings. The minimum Gasteiger partial charge on any atom is -0.462 e. The van der Waals surface area contributed by atoms with Gasteiger partial charge in [-0.2, -0.15) is 4.68 Å². The van der Waals surface area contributed by atoms with Crippen LogP contribution in [0.5, 0.6) is 0 Å². The van der Waals surface area contributed by atoms with E-state index in [1.807, 2.05) is 6.92 Å². The highest BCUT2D eigenvalue weighted by Crippen LogP contribution is 2.30. The number of nitrogens with zero attached hydrogens (tertiary/aromatic N) is 3. The summed E-state index contributed by atoms with van der Waals surface area (Å²) < 4.78 is 10.7. The molecular formula is C13H11N3O5S. The Bertz CT molecular complexity index is 792. The first kappa shape index (κ1) is 14.4. The summed E-state index contributed by atoms with van der Waals surface area (Å²) in [6.07, 6.45) is 0.706. The van der Waals surface area contributed by atoms with Gasteiger partial charge in [0.2, 0.25) is 5.69 Å². The third kappa shape index (κ3) is 2.10. The molecule has 0 saturated carbocycles. The maximum atomic E-state index is 12.1. The van der Waals surface area contributed by atoms with Crippen molar-refractivity contribution in [2.75, 3.05) is 6.61 Å². The number of carbonyl (C=O) groups is 3. The lowest BCUT2D eigenvalue weighted by atomic mass is 10.2. The zero-order chi connectivity index (χ0) is 15.9. The number of cyclic esters (lactones) is 2. The zero-order valence-corrected chi connectivity index (χ0v) is 12.6. The fraction of sp³-hybridized carbons (Fsp3) is 0.308. The van der Waals surface area contributed by atoms with Gasteiger partial charge in [-0.25, -0.2) is 14.4 Å². The minimum absolute atomic E-state index is 0.0694. The van der Waals surface area contributed by atoms with Gasteiger partial charge in [-0.15, -0.1) is 16.4 Å². The number of aryl methyl sites for hydroxylation is 1. The van der Waals surface area contributed by atoms with E-state index in [1.54, 1.807) is 13.0 Å². The fourth-order valence-corrected chi connectivity index (χ4v) is 3.08. The van der Waals surface area contributed by atoms with E-state index in [0.717, 1.165) is 4.88 Å². The van der Waals surface area contributed by atoms with E-state index in [2.05, 4.69) is 15.0 Å². The number of thiophene rings is 1. The van der Waals surface area contributed by atoms with Crippen molar-refractivity contribution >= 4 is 29.2 Å². The monoisotopic (exact) mass is 321 g/mol. The molecule has 0 fully saturated rings. The molecular weight excluding hydrogens is 310 g/mol. The van der Waals surface area contributed by atoms with Crippen LogP contribution in [0.2, 0.25) is 0 Å². The maximum absolute atomic E-state index is 12.1. The molecule has 0 unspecified atom stereocenters. The minimum atomic E-state index is -0.837. The van der Waals surface area contributed by atoms with E-state index in [-0.39, 0.29) is 23.6 Å². The Labute approximate surface area is 128 Å². The largest absolute Gasteiger partial charge is 0.462 e. The molecule has 8 nitrogen and oxygen atoms in total. The van der Waals surface area contributed by atoms with Gasteiger partial charge in [0.15, 0.2) is 5.69 Å². The number of aromatic nitrogens is 3. The molecule has 22 heavy (non-hydrogen) atoms. The number of carbonyl (C=O) groups excluding carboxylic acids is 3. The van der Waals surface area contributed by atoms with Crippen LogP contribution < -0.4 is 0 Å². The topological polar surface area (TPSA) is 100 Å². The van der Waals surface area contributed by atoms with Crippen molar-refractivity contribution in [3.05, 3.63) is 27.9 Å². The van der Waals surface area contributed by atoms with Crippen LogP contribution in [0.25, 0.3) is 5.00 Å². The smallest absolute Gasteiger partial charge is 0.369 e. The molecule has 0 amide bonds. The van der Waals surface area contributed by atoms with Crippen molar-refractivity contribution in [2.45, 2.75) is 20.3 Å². The second-order valence-corrected chi connectivity index (χ2v) is 5.50. The number of rotatable bonds is 4. The lowest BCUT2D eigenvalue weighted by molar-refractivity contribution is 0.0431. The number of esters is 3. The predicted molar refractivity (Wildman–Crippen MR) is 74.3 cm³/mol. The Hall–Kier alpha value is -2.55. The highest BCUT2D eigenvalue weighted by atomic mass is 32.1. The first-order chi connectivity index (χ1) is 10.6. The first-order valence-corrected chi connectivity index (χ1v) is 7.40. The van der Waals surface area contributed by atoms with Crippen molar-refractivity contribution < 1.29 is 23.9 Å². The van der Waals surface area contributed by atoms with Gasteiger partial charge >= 0.3 is 17.9 Å². The second-order valence-electron chi connectivity index (χ2n) is 4.38. The summed E-state index contributed by atoms with van der Waals surface area (Å²) in [4.78, 5) is 36.2. The third-order valence-electron chi connectivity index (χ3n) is 3.04. The van der Waals surface area contributed by atoms with Crippen LogP contribution in [0.15, 0.2) is 6.07 Å². The van der Waals surface area contributed by atoms with Gasteiger partial charge < -0.3 is 9.47 Å². The van der Waals surface area contributed by atoms with E-state index >= 15 is 0 Å². The van der Waals surface area contributed by atoms with Crippen molar-refractivity contribution in [3.63, 3.8) is 0 Å². The SMILES string of the molecule is CCOC(=O)c1cc(CC)sc1-n1nnc2c1C(=O)OC2=O. The van der Waals surface area contributed by atoms with Gasteiger partial charge in [0.05, 0.1) is 12.2 Å². The molecule has 0 aliphatic carbocycles. The average molecular weight is 321 g/mol. The summed E-state index contributed by atoms with van der Waals surface area (Å²) in [6, 6.07) is 1.69. The molecule has 2 aromatic heterocycles. The molecule has 0 atom stereocenters. The Kier molecular flexibility index (Phi) is 3.49. The standard InChI is InChI=1S/C13H11N3O5S/c1-3-6-5-7(11(17)20-4-2)10(22-6)16-9-8(14-15-16)12(18)21-13(9)19/h5H,3-4H2,1-2H3. The molecule has 1 aliphatic heterocycles. The Morgan fingerprint density at radius 2 is 2.14 bits per heavy atom. The lowest BCUT2D eigenvalue weighted by Crippen LogP contribution is -2.12. The molecule has 9 heteroatoms. The van der Waals surface area contributed by atoms with Gasteiger partial charge in [0.25, 0.3) is 0 Å². The van der Waals surface area contributed by atoms with Crippen LogP contribution in [-0.2, 0) is 15.9 Å². The molecule has 0 radical (unpaired) electrons. The molecule has 0 bridgehead atoms. The number of hydrogen-bond acceptors (Lipinski definition) is 8. The molecule has 0 N–H and O–H groups in total. The van der Waals surface area contributed by atoms with Crippen LogP contribution in [-0.4, -0.2) is 39.5 Å². The summed E-state index contributed by atoms with van der Waals surface area (Å²) in [6.45, 7) is 3.87. The zero-order valence-electron chi connectivity index (χ0n) is 11.8. The van der Waals surface area contributed by atoms with Gasteiger partial charge in [-0.1, -0.05) is 12.1 Å². The molecule has 3 rings (SSSR count). The van der Waals surface area contributed by atoms with Crippen LogP contribution in [0.4, 0.5) is 0 Å². The summed E-state index contributed by atoms with van der Waals surface area (Å²) in [5.74, 6) is -2.18. The summed E-state index contributed by atoms with van der Waals surface area (Å²) in [7, 11) is 0. The third-order valence-corrected chi connectivity index (χ3v) is 4.30. The number of ether oxygens (including phenoxy) is 2. The quantitative estimate of drug-likeness (QED) is 0.619. The molecule has 114 valence electrons. The molecule has 0 saturated heterocycles. The molecule has 0 spiro atoms. The van der Waals surface area contributed by atoms with Crippen molar-refractivity contribution in [2.24, 2.45) is 0 Å². The highest BCUT2D eigenvalue weighted by Gasteiger charge is 2.38. The fourth-order valence-electron chi connectivity index (χ4n) is 2.04. The van der Waals surface area contributed by atoms with Crippen LogP contribution in [0.3, 0.4) is 0 Å². The molecule has 2 aromatic rings. The van der Waals surface area contributed by atoms with Crippen LogP contribution in [0.1, 0.15) is 50.1 Å². The Morgan fingerprint density at radius 1 is 1.36 bits per heavy atom. The normalized spacial score (nSPS) is 13.2. The van der Waals surface area contributed by atoms with Gasteiger partial charge in [0.1, 0.15) is 5.00 Å². The Balaban J connectivity index is 2.15. The summed E-state index contributed by atoms with van der Waals surface area (Å²) in [5.41, 5.74) is 0.0647. The van der Waals surface area contributed by atoms with Crippen LogP contribution in [0, 0.1) is 0 Å². The maximum Gasteiger partial charge on any atom is 0.369 e. The van der Waals surface area contributed by atoms with Gasteiger partial charge in [0, 0.05) is 4.88 Å². The van der Waals surface area contributed by atoms with E-state index < -0.39 is 17.9 Å². The highest BCUT2D eigenvalue weighted by molar-refractivity contribution is 7.15. The second kappa shape index (κ2) is 5.34. The van der Waals surface area contributed by atoms with E-state index in [0.29, 0.717) is 11.4 Å². The van der Waals surface area contributed by atoms with Crippen molar-refractivity contribution in [3.8, 4) is 5.00 Å². The molecule has 3 heterocycles. The summed E-state index contributed by atoms with van der Waals surface area (Å²) in [5, 5.41) is 7.85. The predicted octanol–water partition coefficient (Wildman–Crippen LogP) is 1.38. The average Bonchev–Trinajstić information content (AvgIpc) is 3.16. The summed E-state index contributed by atoms with van der Waals surface area (Å²) >= 11 is 1.28. The number of fused-ring (bicyclic) bond motifs is 1. The van der Waals surface area contributed by atoms with Gasteiger partial charge in [-0.05, 0) is 19.4 Å². The number of hydrogen-bond donors (Lipinski definition) is 0. The van der Waals surface area contributed by atoms with Crippen LogP contribution >= 0.6 is 11.3 Å². The Morgan fingerprint density at radius 3 is 2.82 bits per heavy atom. The lowest BCUT2D eigenvalue weighted by Gasteiger charge is -2.04. The van der Waals surface area contributed by atoms with Gasteiger partial charge in [-0.3, -0.25) is 0 Å².